The third kappa shape index (κ3) is 1.24. The highest BCUT2D eigenvalue weighted by atomic mass is 16.5. The summed E-state index contributed by atoms with van der Waals surface area (Å²) in [5, 5.41) is 4.20. The van der Waals surface area contributed by atoms with Gasteiger partial charge in [-0.05, 0) is 20.8 Å². The van der Waals surface area contributed by atoms with Crippen LogP contribution in [-0.2, 0) is 0 Å². The van der Waals surface area contributed by atoms with E-state index in [-0.39, 0.29) is 0 Å². The summed E-state index contributed by atoms with van der Waals surface area (Å²) >= 11 is 0. The van der Waals surface area contributed by atoms with Crippen molar-refractivity contribution < 1.29 is 4.74 Å². The third-order valence-corrected chi connectivity index (χ3v) is 1.84. The van der Waals surface area contributed by atoms with E-state index in [2.05, 4.69) is 18.9 Å². The Morgan fingerprint density at radius 3 is 2.33 bits per heavy atom. The van der Waals surface area contributed by atoms with Gasteiger partial charge in [-0.2, -0.15) is 0 Å². The zero-order valence-corrected chi connectivity index (χ0v) is 7.96. The number of aromatic nitrogens is 2. The molecule has 0 aliphatic heterocycles. The number of anilines is 1. The smallest absolute Gasteiger partial charge is 0.256 e. The molecule has 4 heteroatoms. The Hall–Kier alpha value is -1.19. The fraction of sp³-hybridized carbons (Fsp3) is 0.625. The van der Waals surface area contributed by atoms with E-state index >= 15 is 0 Å². The number of hydrogen-bond acceptors (Lipinski definition) is 3. The van der Waals surface area contributed by atoms with Gasteiger partial charge in [0.05, 0.1) is 12.8 Å². The van der Waals surface area contributed by atoms with E-state index in [0.29, 0.717) is 17.6 Å². The normalized spacial score (nSPS) is 10.8. The van der Waals surface area contributed by atoms with Crippen molar-refractivity contribution in [2.24, 2.45) is 0 Å². The van der Waals surface area contributed by atoms with Crippen molar-refractivity contribution in [3.05, 3.63) is 5.69 Å². The van der Waals surface area contributed by atoms with Gasteiger partial charge >= 0.3 is 0 Å². The molecule has 1 heterocycles. The van der Waals surface area contributed by atoms with E-state index in [4.69, 9.17) is 10.5 Å². The van der Waals surface area contributed by atoms with E-state index in [0.717, 1.165) is 5.69 Å². The molecule has 0 radical (unpaired) electrons. The minimum absolute atomic E-state index is 0.316. The Kier molecular flexibility index (Phi) is 2.26. The standard InChI is InChI=1S/C8H15N3O/c1-5(2)11-6(3)7(9)8(10-11)12-4/h5H,9H2,1-4H3. The lowest BCUT2D eigenvalue weighted by Gasteiger charge is -2.06. The maximum absolute atomic E-state index is 5.74. The van der Waals surface area contributed by atoms with Gasteiger partial charge in [0.25, 0.3) is 5.88 Å². The van der Waals surface area contributed by atoms with E-state index < -0.39 is 0 Å². The summed E-state index contributed by atoms with van der Waals surface area (Å²) in [6.45, 7) is 6.04. The van der Waals surface area contributed by atoms with Crippen LogP contribution in [0, 0.1) is 6.92 Å². The zero-order valence-electron chi connectivity index (χ0n) is 7.96. The zero-order chi connectivity index (χ0) is 9.30. The average Bonchev–Trinajstić information content (AvgIpc) is 2.30. The van der Waals surface area contributed by atoms with Gasteiger partial charge in [0.15, 0.2) is 0 Å². The molecule has 0 unspecified atom stereocenters. The Balaban J connectivity index is 3.16. The predicted molar refractivity (Wildman–Crippen MR) is 48.3 cm³/mol. The van der Waals surface area contributed by atoms with Gasteiger partial charge < -0.3 is 10.5 Å². The number of hydrogen-bond donors (Lipinski definition) is 1. The highest BCUT2D eigenvalue weighted by Crippen LogP contribution is 2.25. The number of nitrogen functional groups attached to an aromatic ring is 1. The van der Waals surface area contributed by atoms with Crippen LogP contribution in [-0.4, -0.2) is 16.9 Å². The first-order chi connectivity index (χ1) is 5.57. The van der Waals surface area contributed by atoms with Crippen LogP contribution in [0.5, 0.6) is 5.88 Å². The lowest BCUT2D eigenvalue weighted by atomic mass is 10.3. The van der Waals surface area contributed by atoms with Crippen molar-refractivity contribution in [2.45, 2.75) is 26.8 Å². The second-order valence-electron chi connectivity index (χ2n) is 3.05. The van der Waals surface area contributed by atoms with E-state index in [1.54, 1.807) is 7.11 Å². The SMILES string of the molecule is COc1nn(C(C)C)c(C)c1N. The second kappa shape index (κ2) is 3.05. The fourth-order valence-corrected chi connectivity index (χ4v) is 1.16. The summed E-state index contributed by atoms with van der Waals surface area (Å²) in [5.41, 5.74) is 7.33. The summed E-state index contributed by atoms with van der Waals surface area (Å²) < 4.78 is 6.86. The van der Waals surface area contributed by atoms with Gasteiger partial charge in [-0.25, -0.2) is 0 Å². The Bertz CT molecular complexity index is 278. The molecule has 2 N–H and O–H groups in total. The molecule has 0 saturated heterocycles. The van der Waals surface area contributed by atoms with E-state index in [9.17, 15) is 0 Å². The number of nitrogens with two attached hydrogens (primary N) is 1. The number of rotatable bonds is 2. The molecule has 0 aromatic carbocycles. The van der Waals surface area contributed by atoms with Gasteiger partial charge in [-0.15, -0.1) is 5.10 Å². The van der Waals surface area contributed by atoms with E-state index in [1.807, 2.05) is 11.6 Å². The molecule has 0 fully saturated rings. The first-order valence-corrected chi connectivity index (χ1v) is 3.96. The first-order valence-electron chi connectivity index (χ1n) is 3.96. The van der Waals surface area contributed by atoms with E-state index in [1.165, 1.54) is 0 Å². The highest BCUT2D eigenvalue weighted by Gasteiger charge is 2.13. The molecule has 12 heavy (non-hydrogen) atoms. The summed E-state index contributed by atoms with van der Waals surface area (Å²) in [6.07, 6.45) is 0. The Morgan fingerprint density at radius 1 is 1.50 bits per heavy atom. The molecule has 1 aromatic heterocycles. The number of ether oxygens (including phenoxy) is 1. The summed E-state index contributed by atoms with van der Waals surface area (Å²) in [7, 11) is 1.57. The van der Waals surface area contributed by atoms with Crippen LogP contribution in [0.15, 0.2) is 0 Å². The quantitative estimate of drug-likeness (QED) is 0.727. The Labute approximate surface area is 72.3 Å². The monoisotopic (exact) mass is 169 g/mol. The van der Waals surface area contributed by atoms with Crippen molar-refractivity contribution in [1.29, 1.82) is 0 Å². The summed E-state index contributed by atoms with van der Waals surface area (Å²) in [5.74, 6) is 0.515. The van der Waals surface area contributed by atoms with Crippen LogP contribution >= 0.6 is 0 Å². The Morgan fingerprint density at radius 2 is 2.08 bits per heavy atom. The summed E-state index contributed by atoms with van der Waals surface area (Å²) in [6, 6.07) is 0.316. The van der Waals surface area contributed by atoms with Gasteiger partial charge in [-0.1, -0.05) is 0 Å². The lowest BCUT2D eigenvalue weighted by molar-refractivity contribution is 0.383. The first kappa shape index (κ1) is 8.90. The lowest BCUT2D eigenvalue weighted by Crippen LogP contribution is -2.05. The largest absolute Gasteiger partial charge is 0.478 e. The highest BCUT2D eigenvalue weighted by molar-refractivity contribution is 5.52. The molecule has 68 valence electrons. The molecule has 0 atom stereocenters. The third-order valence-electron chi connectivity index (χ3n) is 1.84. The molecule has 1 aromatic rings. The molecule has 0 amide bonds. The van der Waals surface area contributed by atoms with Crippen LogP contribution in [0.25, 0.3) is 0 Å². The molecule has 0 spiro atoms. The van der Waals surface area contributed by atoms with Crippen molar-refractivity contribution in [3.63, 3.8) is 0 Å². The second-order valence-corrected chi connectivity index (χ2v) is 3.05. The molecule has 0 aliphatic carbocycles. The van der Waals surface area contributed by atoms with Gasteiger partial charge in [0.2, 0.25) is 0 Å². The predicted octanol–water partition coefficient (Wildman–Crippen LogP) is 1.36. The average molecular weight is 169 g/mol. The van der Waals surface area contributed by atoms with Gasteiger partial charge in [-0.3, -0.25) is 4.68 Å². The van der Waals surface area contributed by atoms with Crippen molar-refractivity contribution in [1.82, 2.24) is 9.78 Å². The molecule has 0 aliphatic rings. The molecule has 1 rings (SSSR count). The maximum Gasteiger partial charge on any atom is 0.256 e. The van der Waals surface area contributed by atoms with Crippen LogP contribution in [0.1, 0.15) is 25.6 Å². The van der Waals surface area contributed by atoms with Crippen molar-refractivity contribution in [3.8, 4) is 5.88 Å². The fourth-order valence-electron chi connectivity index (χ4n) is 1.16. The number of nitrogens with zero attached hydrogens (tertiary/aromatic N) is 2. The minimum Gasteiger partial charge on any atom is -0.478 e. The van der Waals surface area contributed by atoms with Gasteiger partial charge in [0.1, 0.15) is 5.69 Å². The van der Waals surface area contributed by atoms with Crippen LogP contribution in [0.2, 0.25) is 0 Å². The topological polar surface area (TPSA) is 53.1 Å². The molecular weight excluding hydrogens is 154 g/mol. The molecular formula is C8H15N3O. The number of methoxy groups -OCH3 is 1. The molecule has 4 nitrogen and oxygen atoms in total. The van der Waals surface area contributed by atoms with Crippen LogP contribution < -0.4 is 10.5 Å². The maximum atomic E-state index is 5.74. The van der Waals surface area contributed by atoms with Crippen molar-refractivity contribution in [2.75, 3.05) is 12.8 Å². The van der Waals surface area contributed by atoms with Crippen LogP contribution in [0.4, 0.5) is 5.69 Å². The van der Waals surface area contributed by atoms with Gasteiger partial charge in [0, 0.05) is 6.04 Å². The van der Waals surface area contributed by atoms with Crippen LogP contribution in [0.3, 0.4) is 0 Å². The molecule has 0 bridgehead atoms. The van der Waals surface area contributed by atoms with Crippen molar-refractivity contribution >= 4 is 5.69 Å². The minimum atomic E-state index is 0.316. The molecule has 0 saturated carbocycles. The summed E-state index contributed by atoms with van der Waals surface area (Å²) in [4.78, 5) is 0.